The lowest BCUT2D eigenvalue weighted by Crippen LogP contribution is -1.97. The molecule has 3 heteroatoms. The second-order valence-electron chi connectivity index (χ2n) is 8.56. The summed E-state index contributed by atoms with van der Waals surface area (Å²) in [6, 6.07) is 40.3. The number of para-hydroxylation sites is 1. The number of hydrogen-bond acceptors (Lipinski definition) is 2. The molecule has 0 radical (unpaired) electrons. The van der Waals surface area contributed by atoms with Crippen LogP contribution >= 0.6 is 0 Å². The highest BCUT2D eigenvalue weighted by molar-refractivity contribution is 6.10. The van der Waals surface area contributed by atoms with Gasteiger partial charge in [0.2, 0.25) is 0 Å². The van der Waals surface area contributed by atoms with E-state index < -0.39 is 0 Å². The van der Waals surface area contributed by atoms with Crippen molar-refractivity contribution in [1.82, 2.24) is 4.57 Å². The van der Waals surface area contributed by atoms with Gasteiger partial charge in [-0.15, -0.1) is 0 Å². The molecule has 0 N–H and O–H groups in total. The normalized spacial score (nSPS) is 11.1. The minimum atomic E-state index is 0.832. The summed E-state index contributed by atoms with van der Waals surface area (Å²) in [5.74, 6) is 1.66. The monoisotopic (exact) mass is 455 g/mol. The number of benzene rings is 5. The van der Waals surface area contributed by atoms with E-state index in [1.807, 2.05) is 18.2 Å². The molecule has 1 aromatic heterocycles. The molecule has 0 fully saturated rings. The summed E-state index contributed by atoms with van der Waals surface area (Å²) in [4.78, 5) is 0. The highest BCUT2D eigenvalue weighted by Gasteiger charge is 2.17. The van der Waals surface area contributed by atoms with E-state index in [0.717, 1.165) is 33.8 Å². The smallest absolute Gasteiger partial charge is 0.120 e. The van der Waals surface area contributed by atoms with Crippen LogP contribution in [0, 0.1) is 0 Å². The largest absolute Gasteiger partial charge is 0.497 e. The Morgan fingerprint density at radius 1 is 0.486 bits per heavy atom. The van der Waals surface area contributed by atoms with Gasteiger partial charge in [0, 0.05) is 28.5 Å². The highest BCUT2D eigenvalue weighted by Crippen LogP contribution is 2.39. The van der Waals surface area contributed by atoms with E-state index in [9.17, 15) is 0 Å². The maximum absolute atomic E-state index is 5.59. The first-order valence-corrected chi connectivity index (χ1v) is 11.7. The summed E-state index contributed by atoms with van der Waals surface area (Å²) < 4.78 is 13.5. The van der Waals surface area contributed by atoms with Crippen LogP contribution in [0.15, 0.2) is 115 Å². The van der Waals surface area contributed by atoms with Gasteiger partial charge < -0.3 is 14.0 Å². The topological polar surface area (TPSA) is 23.4 Å². The molecule has 0 saturated carbocycles. The van der Waals surface area contributed by atoms with Gasteiger partial charge in [0.05, 0.1) is 30.9 Å². The maximum Gasteiger partial charge on any atom is 0.120 e. The lowest BCUT2D eigenvalue weighted by molar-refractivity contribution is 0.415. The van der Waals surface area contributed by atoms with Crippen LogP contribution in [-0.2, 0) is 0 Å². The first-order chi connectivity index (χ1) is 17.3. The van der Waals surface area contributed by atoms with Crippen LogP contribution in [0.25, 0.3) is 49.7 Å². The molecule has 0 unspecified atom stereocenters. The van der Waals surface area contributed by atoms with Gasteiger partial charge in [-0.2, -0.15) is 0 Å². The van der Waals surface area contributed by atoms with Crippen molar-refractivity contribution < 1.29 is 9.47 Å². The summed E-state index contributed by atoms with van der Waals surface area (Å²) in [6.45, 7) is 0. The van der Waals surface area contributed by atoms with Crippen LogP contribution in [0.2, 0.25) is 0 Å². The molecular weight excluding hydrogens is 430 g/mol. The Labute approximate surface area is 204 Å². The Balaban J connectivity index is 1.58. The molecule has 5 aromatic carbocycles. The Hall–Kier alpha value is -4.50. The van der Waals surface area contributed by atoms with Crippen molar-refractivity contribution in [3.63, 3.8) is 0 Å². The molecule has 0 atom stereocenters. The van der Waals surface area contributed by atoms with Crippen molar-refractivity contribution in [3.8, 4) is 39.4 Å². The zero-order valence-corrected chi connectivity index (χ0v) is 19.7. The van der Waals surface area contributed by atoms with Crippen molar-refractivity contribution >= 4 is 21.8 Å². The van der Waals surface area contributed by atoms with Crippen LogP contribution in [-0.4, -0.2) is 18.8 Å². The summed E-state index contributed by atoms with van der Waals surface area (Å²) in [7, 11) is 3.42. The van der Waals surface area contributed by atoms with Crippen molar-refractivity contribution in [2.45, 2.75) is 0 Å². The zero-order valence-electron chi connectivity index (χ0n) is 19.7. The lowest BCUT2D eigenvalue weighted by atomic mass is 9.99. The minimum Gasteiger partial charge on any atom is -0.497 e. The molecule has 0 spiro atoms. The van der Waals surface area contributed by atoms with Crippen LogP contribution in [0.4, 0.5) is 0 Å². The van der Waals surface area contributed by atoms with Gasteiger partial charge in [0.15, 0.2) is 0 Å². The Bertz CT molecular complexity index is 1590. The van der Waals surface area contributed by atoms with Gasteiger partial charge in [-0.25, -0.2) is 0 Å². The number of aromatic nitrogens is 1. The maximum atomic E-state index is 5.59. The van der Waals surface area contributed by atoms with E-state index in [-0.39, 0.29) is 0 Å². The fourth-order valence-electron chi connectivity index (χ4n) is 4.88. The quantitative estimate of drug-likeness (QED) is 0.262. The molecule has 0 bridgehead atoms. The lowest BCUT2D eigenvalue weighted by Gasteiger charge is -2.15. The Morgan fingerprint density at radius 3 is 1.60 bits per heavy atom. The van der Waals surface area contributed by atoms with Crippen molar-refractivity contribution in [1.29, 1.82) is 0 Å². The molecule has 0 aliphatic heterocycles. The van der Waals surface area contributed by atoms with Crippen LogP contribution in [0.1, 0.15) is 0 Å². The summed E-state index contributed by atoms with van der Waals surface area (Å²) >= 11 is 0. The third kappa shape index (κ3) is 3.62. The zero-order chi connectivity index (χ0) is 23.8. The van der Waals surface area contributed by atoms with Gasteiger partial charge in [0.25, 0.3) is 0 Å². The van der Waals surface area contributed by atoms with Crippen LogP contribution < -0.4 is 9.47 Å². The SMILES string of the molecule is COc1ccc2c3ccc(OC)cc3n(-c3ccccc3-c3ccc(-c4ccccc4)cc3)c2c1. The predicted octanol–water partition coefficient (Wildman–Crippen LogP) is 8.13. The standard InChI is InChI=1S/C32H25NO2/c1-34-25-16-18-28-29-19-17-26(35-2)21-32(29)33(31(28)20-25)30-11-7-6-10-27(30)24-14-12-23(13-15-24)22-8-4-3-5-9-22/h3-21H,1-2H3. The third-order valence-corrected chi connectivity index (χ3v) is 6.63. The third-order valence-electron chi connectivity index (χ3n) is 6.63. The van der Waals surface area contributed by atoms with Crippen molar-refractivity contribution in [3.05, 3.63) is 115 Å². The van der Waals surface area contributed by atoms with E-state index in [1.54, 1.807) is 14.2 Å². The Kier molecular flexibility index (Phi) is 5.23. The molecule has 1 heterocycles. The van der Waals surface area contributed by atoms with Gasteiger partial charge in [-0.3, -0.25) is 0 Å². The van der Waals surface area contributed by atoms with E-state index >= 15 is 0 Å². The molecule has 0 amide bonds. The van der Waals surface area contributed by atoms with Crippen molar-refractivity contribution in [2.24, 2.45) is 0 Å². The van der Waals surface area contributed by atoms with Crippen LogP contribution in [0.5, 0.6) is 11.5 Å². The number of fused-ring (bicyclic) bond motifs is 3. The molecule has 3 nitrogen and oxygen atoms in total. The number of methoxy groups -OCH3 is 2. The fourth-order valence-corrected chi connectivity index (χ4v) is 4.88. The molecule has 0 aliphatic rings. The van der Waals surface area contributed by atoms with E-state index in [1.165, 1.54) is 27.5 Å². The molecule has 170 valence electrons. The molecular formula is C32H25NO2. The van der Waals surface area contributed by atoms with E-state index in [0.29, 0.717) is 0 Å². The highest BCUT2D eigenvalue weighted by atomic mass is 16.5. The molecule has 35 heavy (non-hydrogen) atoms. The number of ether oxygens (including phenoxy) is 2. The van der Waals surface area contributed by atoms with Crippen LogP contribution in [0.3, 0.4) is 0 Å². The molecule has 0 aliphatic carbocycles. The van der Waals surface area contributed by atoms with Gasteiger partial charge in [-0.1, -0.05) is 72.8 Å². The summed E-state index contributed by atoms with van der Waals surface area (Å²) in [5, 5.41) is 2.36. The summed E-state index contributed by atoms with van der Waals surface area (Å²) in [6.07, 6.45) is 0. The van der Waals surface area contributed by atoms with Crippen molar-refractivity contribution in [2.75, 3.05) is 14.2 Å². The van der Waals surface area contributed by atoms with Gasteiger partial charge in [0.1, 0.15) is 11.5 Å². The average molecular weight is 456 g/mol. The second kappa shape index (κ2) is 8.69. The molecule has 6 rings (SSSR count). The van der Waals surface area contributed by atoms with E-state index in [2.05, 4.69) is 102 Å². The first-order valence-electron chi connectivity index (χ1n) is 11.7. The molecule has 6 aromatic rings. The van der Waals surface area contributed by atoms with Gasteiger partial charge in [-0.05, 0) is 47.0 Å². The number of hydrogen-bond donors (Lipinski definition) is 0. The van der Waals surface area contributed by atoms with Gasteiger partial charge >= 0.3 is 0 Å². The first kappa shape index (κ1) is 21.1. The fraction of sp³-hybridized carbons (Fsp3) is 0.0625. The second-order valence-corrected chi connectivity index (χ2v) is 8.56. The number of nitrogens with zero attached hydrogens (tertiary/aromatic N) is 1. The number of rotatable bonds is 5. The summed E-state index contributed by atoms with van der Waals surface area (Å²) in [5.41, 5.74) is 8.06. The average Bonchev–Trinajstić information content (AvgIpc) is 3.26. The predicted molar refractivity (Wildman–Crippen MR) is 145 cm³/mol. The minimum absolute atomic E-state index is 0.832. The Morgan fingerprint density at radius 2 is 1.00 bits per heavy atom. The molecule has 0 saturated heterocycles. The van der Waals surface area contributed by atoms with E-state index in [4.69, 9.17) is 9.47 Å².